The SMILES string of the molecule is Cc1ccc(S(=O)(=O)N[C@@H]2CNC[C@H]2OCCc2ccc(C(F)(F)F)cc2)cc1. The van der Waals surface area contributed by atoms with E-state index in [0.29, 0.717) is 19.5 Å². The van der Waals surface area contributed by atoms with Crippen molar-refractivity contribution in [1.82, 2.24) is 10.0 Å². The predicted molar refractivity (Wildman–Crippen MR) is 103 cm³/mol. The van der Waals surface area contributed by atoms with Gasteiger partial charge in [0.15, 0.2) is 0 Å². The van der Waals surface area contributed by atoms with Crippen molar-refractivity contribution >= 4 is 10.0 Å². The van der Waals surface area contributed by atoms with Crippen LogP contribution in [-0.4, -0.2) is 40.3 Å². The molecule has 0 spiro atoms. The molecule has 0 saturated carbocycles. The molecule has 1 fully saturated rings. The molecule has 0 aromatic heterocycles. The number of nitrogens with one attached hydrogen (secondary N) is 2. The third kappa shape index (κ3) is 5.79. The van der Waals surface area contributed by atoms with Gasteiger partial charge in [-0.3, -0.25) is 0 Å². The van der Waals surface area contributed by atoms with Crippen molar-refractivity contribution in [3.8, 4) is 0 Å². The van der Waals surface area contributed by atoms with E-state index in [1.165, 1.54) is 12.1 Å². The van der Waals surface area contributed by atoms with Gasteiger partial charge < -0.3 is 10.1 Å². The Labute approximate surface area is 168 Å². The highest BCUT2D eigenvalue weighted by Crippen LogP contribution is 2.29. The van der Waals surface area contributed by atoms with Crippen molar-refractivity contribution in [1.29, 1.82) is 0 Å². The van der Waals surface area contributed by atoms with E-state index in [1.807, 2.05) is 6.92 Å². The maximum Gasteiger partial charge on any atom is 0.416 e. The van der Waals surface area contributed by atoms with Crippen LogP contribution in [0, 0.1) is 6.92 Å². The molecule has 2 aromatic carbocycles. The zero-order chi connectivity index (χ0) is 21.1. The molecule has 5 nitrogen and oxygen atoms in total. The minimum atomic E-state index is -4.35. The second kappa shape index (κ2) is 8.83. The first-order chi connectivity index (χ1) is 13.6. The van der Waals surface area contributed by atoms with E-state index < -0.39 is 27.8 Å². The van der Waals surface area contributed by atoms with Crippen molar-refractivity contribution in [2.75, 3.05) is 19.7 Å². The molecule has 0 aliphatic carbocycles. The van der Waals surface area contributed by atoms with Crippen molar-refractivity contribution < 1.29 is 26.3 Å². The summed E-state index contributed by atoms with van der Waals surface area (Å²) in [5.41, 5.74) is 1.00. The van der Waals surface area contributed by atoms with Gasteiger partial charge in [-0.2, -0.15) is 13.2 Å². The lowest BCUT2D eigenvalue weighted by molar-refractivity contribution is -0.137. The van der Waals surface area contributed by atoms with Gasteiger partial charge in [-0.05, 0) is 43.2 Å². The lowest BCUT2D eigenvalue weighted by atomic mass is 10.1. The summed E-state index contributed by atoms with van der Waals surface area (Å²) in [7, 11) is -3.67. The van der Waals surface area contributed by atoms with Crippen LogP contribution in [0.15, 0.2) is 53.4 Å². The smallest absolute Gasteiger partial charge is 0.375 e. The largest absolute Gasteiger partial charge is 0.416 e. The van der Waals surface area contributed by atoms with Crippen LogP contribution in [0.5, 0.6) is 0 Å². The maximum atomic E-state index is 12.6. The summed E-state index contributed by atoms with van der Waals surface area (Å²) in [5, 5.41) is 3.10. The first-order valence-corrected chi connectivity index (χ1v) is 10.7. The van der Waals surface area contributed by atoms with E-state index in [-0.39, 0.29) is 17.6 Å². The van der Waals surface area contributed by atoms with Gasteiger partial charge in [0.05, 0.1) is 29.2 Å². The molecule has 158 valence electrons. The Bertz CT molecular complexity index is 913. The van der Waals surface area contributed by atoms with Gasteiger partial charge in [-0.15, -0.1) is 0 Å². The lowest BCUT2D eigenvalue weighted by Gasteiger charge is -2.20. The highest BCUT2D eigenvalue weighted by molar-refractivity contribution is 7.89. The number of rotatable bonds is 7. The summed E-state index contributed by atoms with van der Waals surface area (Å²) < 4.78 is 71.4. The minimum absolute atomic E-state index is 0.193. The Hall–Kier alpha value is -1.94. The summed E-state index contributed by atoms with van der Waals surface area (Å²) in [6, 6.07) is 11.1. The van der Waals surface area contributed by atoms with E-state index in [9.17, 15) is 21.6 Å². The normalized spacial score (nSPS) is 20.1. The van der Waals surface area contributed by atoms with E-state index in [4.69, 9.17) is 4.74 Å². The minimum Gasteiger partial charge on any atom is -0.375 e. The van der Waals surface area contributed by atoms with Crippen molar-refractivity contribution in [3.63, 3.8) is 0 Å². The molecule has 1 aliphatic rings. The highest BCUT2D eigenvalue weighted by atomic mass is 32.2. The molecule has 0 bridgehead atoms. The first-order valence-electron chi connectivity index (χ1n) is 9.22. The number of halogens is 3. The summed E-state index contributed by atoms with van der Waals surface area (Å²) in [6.07, 6.45) is -4.27. The molecule has 0 amide bonds. The fourth-order valence-corrected chi connectivity index (χ4v) is 4.38. The third-order valence-corrected chi connectivity index (χ3v) is 6.31. The number of benzene rings is 2. The second-order valence-corrected chi connectivity index (χ2v) is 8.77. The van der Waals surface area contributed by atoms with Gasteiger partial charge in [-0.25, -0.2) is 13.1 Å². The summed E-state index contributed by atoms with van der Waals surface area (Å²) in [6.45, 7) is 3.09. The van der Waals surface area contributed by atoms with Crippen LogP contribution in [0.25, 0.3) is 0 Å². The molecule has 2 atom stereocenters. The molecule has 9 heteroatoms. The van der Waals surface area contributed by atoms with Crippen LogP contribution in [0.4, 0.5) is 13.2 Å². The van der Waals surface area contributed by atoms with E-state index >= 15 is 0 Å². The Morgan fingerprint density at radius 3 is 2.34 bits per heavy atom. The molecule has 1 saturated heterocycles. The van der Waals surface area contributed by atoms with Gasteiger partial charge in [0, 0.05) is 13.1 Å². The topological polar surface area (TPSA) is 67.4 Å². The highest BCUT2D eigenvalue weighted by Gasteiger charge is 2.32. The summed E-state index contributed by atoms with van der Waals surface area (Å²) in [4.78, 5) is 0.193. The molecule has 1 aliphatic heterocycles. The van der Waals surface area contributed by atoms with Gasteiger partial charge in [0.2, 0.25) is 10.0 Å². The molecule has 1 heterocycles. The Morgan fingerprint density at radius 1 is 1.07 bits per heavy atom. The van der Waals surface area contributed by atoms with Gasteiger partial charge in [0.25, 0.3) is 0 Å². The van der Waals surface area contributed by atoms with Crippen LogP contribution >= 0.6 is 0 Å². The zero-order valence-corrected chi connectivity index (χ0v) is 16.7. The molecular weight excluding hydrogens is 405 g/mol. The number of hydrogen-bond acceptors (Lipinski definition) is 4. The van der Waals surface area contributed by atoms with E-state index in [2.05, 4.69) is 10.0 Å². The van der Waals surface area contributed by atoms with Crippen molar-refractivity contribution in [3.05, 3.63) is 65.2 Å². The van der Waals surface area contributed by atoms with Crippen LogP contribution in [0.1, 0.15) is 16.7 Å². The lowest BCUT2D eigenvalue weighted by Crippen LogP contribution is -2.44. The molecule has 2 N–H and O–H groups in total. The van der Waals surface area contributed by atoms with Gasteiger partial charge in [-0.1, -0.05) is 29.8 Å². The second-order valence-electron chi connectivity index (χ2n) is 7.05. The average Bonchev–Trinajstić information content (AvgIpc) is 3.08. The fourth-order valence-electron chi connectivity index (χ4n) is 3.12. The maximum absolute atomic E-state index is 12.6. The standard InChI is InChI=1S/C20H23F3N2O3S/c1-14-2-8-17(9-3-14)29(26,27)25-18-12-24-13-19(18)28-11-10-15-4-6-16(7-5-15)20(21,22)23/h2-9,18-19,24-25H,10-13H2,1H3/t18-,19-/m1/s1. The zero-order valence-electron chi connectivity index (χ0n) is 15.9. The third-order valence-electron chi connectivity index (χ3n) is 4.80. The first kappa shape index (κ1) is 21.8. The predicted octanol–water partition coefficient (Wildman–Crippen LogP) is 2.89. The summed E-state index contributed by atoms with van der Waals surface area (Å²) >= 11 is 0. The fraction of sp³-hybridized carbons (Fsp3) is 0.400. The molecule has 3 rings (SSSR count). The van der Waals surface area contributed by atoms with Gasteiger partial charge in [0.1, 0.15) is 0 Å². The van der Waals surface area contributed by atoms with Crippen molar-refractivity contribution in [2.45, 2.75) is 36.6 Å². The number of ether oxygens (including phenoxy) is 1. The van der Waals surface area contributed by atoms with E-state index in [1.54, 1.807) is 24.3 Å². The quantitative estimate of drug-likeness (QED) is 0.712. The molecule has 2 aromatic rings. The number of aryl methyl sites for hydroxylation is 1. The van der Waals surface area contributed by atoms with Crippen molar-refractivity contribution in [2.24, 2.45) is 0 Å². The number of alkyl halides is 3. The van der Waals surface area contributed by atoms with Crippen LogP contribution in [-0.2, 0) is 27.4 Å². The number of hydrogen-bond donors (Lipinski definition) is 2. The monoisotopic (exact) mass is 428 g/mol. The molecule has 0 radical (unpaired) electrons. The average molecular weight is 428 g/mol. The van der Waals surface area contributed by atoms with Gasteiger partial charge >= 0.3 is 6.18 Å². The van der Waals surface area contributed by atoms with Crippen LogP contribution in [0.2, 0.25) is 0 Å². The van der Waals surface area contributed by atoms with Crippen LogP contribution < -0.4 is 10.0 Å². The molecule has 0 unspecified atom stereocenters. The number of sulfonamides is 1. The van der Waals surface area contributed by atoms with E-state index in [0.717, 1.165) is 23.3 Å². The molecular formula is C20H23F3N2O3S. The van der Waals surface area contributed by atoms with Crippen LogP contribution in [0.3, 0.4) is 0 Å². The Balaban J connectivity index is 1.54. The Morgan fingerprint density at radius 2 is 1.72 bits per heavy atom. The Kier molecular flexibility index (Phi) is 6.62. The summed E-state index contributed by atoms with van der Waals surface area (Å²) in [5.74, 6) is 0. The molecule has 29 heavy (non-hydrogen) atoms.